The van der Waals surface area contributed by atoms with Crippen molar-refractivity contribution in [3.8, 4) is 5.75 Å². The SMILES string of the molecule is Cc1cn([C@H]2C[C@@H](O)C(COP(=O)(N[C@@H](C)C(=O)OCc3ccccc3)Oc3cccc4ccccc34)O2)c(=O)[nH]c1=O. The molecule has 1 fully saturated rings. The monoisotopic (exact) mass is 609 g/mol. The highest BCUT2D eigenvalue weighted by molar-refractivity contribution is 7.52. The molecule has 1 aliphatic heterocycles. The van der Waals surface area contributed by atoms with Crippen LogP contribution < -0.4 is 20.9 Å². The number of aliphatic hydroxyl groups is 1. The van der Waals surface area contributed by atoms with Crippen LogP contribution in [0.3, 0.4) is 0 Å². The van der Waals surface area contributed by atoms with Gasteiger partial charge in [-0.25, -0.2) is 9.36 Å². The minimum absolute atomic E-state index is 0.0174. The summed E-state index contributed by atoms with van der Waals surface area (Å²) in [7, 11) is -4.30. The Hall–Kier alpha value is -4.06. The molecule has 226 valence electrons. The van der Waals surface area contributed by atoms with Crippen molar-refractivity contribution >= 4 is 24.5 Å². The lowest BCUT2D eigenvalue weighted by atomic mass is 10.1. The average Bonchev–Trinajstić information content (AvgIpc) is 3.37. The Morgan fingerprint density at radius 2 is 1.84 bits per heavy atom. The molecule has 0 amide bonds. The zero-order valence-electron chi connectivity index (χ0n) is 23.5. The van der Waals surface area contributed by atoms with E-state index in [9.17, 15) is 24.1 Å². The van der Waals surface area contributed by atoms with Crippen molar-refractivity contribution in [2.45, 2.75) is 51.4 Å². The topological polar surface area (TPSA) is 158 Å². The number of carbonyl (C=O) groups is 1. The second kappa shape index (κ2) is 13.1. The summed E-state index contributed by atoms with van der Waals surface area (Å²) in [5.74, 6) is -0.431. The van der Waals surface area contributed by atoms with E-state index in [1.807, 2.05) is 48.5 Å². The van der Waals surface area contributed by atoms with Gasteiger partial charge in [0, 0.05) is 23.6 Å². The van der Waals surface area contributed by atoms with Crippen molar-refractivity contribution < 1.29 is 33.0 Å². The van der Waals surface area contributed by atoms with Crippen LogP contribution in [0.15, 0.2) is 88.6 Å². The molecule has 1 aromatic heterocycles. The molecule has 2 heterocycles. The Balaban J connectivity index is 1.33. The summed E-state index contributed by atoms with van der Waals surface area (Å²) < 4.78 is 38.3. The highest BCUT2D eigenvalue weighted by Gasteiger charge is 2.39. The maximum absolute atomic E-state index is 14.2. The molecule has 3 aromatic carbocycles. The van der Waals surface area contributed by atoms with Gasteiger partial charge in [-0.05, 0) is 30.9 Å². The van der Waals surface area contributed by atoms with Crippen LogP contribution in [0.25, 0.3) is 10.8 Å². The number of aromatic amines is 1. The van der Waals surface area contributed by atoms with Crippen molar-refractivity contribution in [2.75, 3.05) is 6.61 Å². The average molecular weight is 610 g/mol. The number of nitrogens with zero attached hydrogens (tertiary/aromatic N) is 1. The zero-order chi connectivity index (χ0) is 30.6. The summed E-state index contributed by atoms with van der Waals surface area (Å²) in [5.41, 5.74) is -0.131. The predicted molar refractivity (Wildman–Crippen MR) is 158 cm³/mol. The maximum Gasteiger partial charge on any atom is 0.459 e. The van der Waals surface area contributed by atoms with E-state index >= 15 is 0 Å². The largest absolute Gasteiger partial charge is 0.460 e. The summed E-state index contributed by atoms with van der Waals surface area (Å²) in [5, 5.41) is 14.8. The van der Waals surface area contributed by atoms with Gasteiger partial charge < -0.3 is 19.1 Å². The third-order valence-electron chi connectivity index (χ3n) is 6.97. The molecule has 1 saturated heterocycles. The number of ether oxygens (including phenoxy) is 2. The van der Waals surface area contributed by atoms with E-state index in [1.54, 1.807) is 31.2 Å². The molecule has 2 unspecified atom stereocenters. The summed E-state index contributed by atoms with van der Waals surface area (Å²) in [6.45, 7) is 2.63. The van der Waals surface area contributed by atoms with Crippen LogP contribution in [0, 0.1) is 6.92 Å². The number of rotatable bonds is 11. The van der Waals surface area contributed by atoms with Crippen molar-refractivity contribution in [1.82, 2.24) is 14.6 Å². The molecule has 1 aliphatic rings. The first-order valence-corrected chi connectivity index (χ1v) is 15.2. The Labute approximate surface area is 246 Å². The van der Waals surface area contributed by atoms with Crippen LogP contribution in [-0.2, 0) is 30.0 Å². The van der Waals surface area contributed by atoms with Crippen molar-refractivity contribution in [3.05, 3.63) is 111 Å². The van der Waals surface area contributed by atoms with Gasteiger partial charge in [0.2, 0.25) is 0 Å². The van der Waals surface area contributed by atoms with Gasteiger partial charge in [0.15, 0.2) is 0 Å². The van der Waals surface area contributed by atoms with Gasteiger partial charge >= 0.3 is 19.4 Å². The highest BCUT2D eigenvalue weighted by atomic mass is 31.2. The maximum atomic E-state index is 14.2. The normalized spacial score (nSPS) is 20.4. The lowest BCUT2D eigenvalue weighted by Gasteiger charge is -2.25. The van der Waals surface area contributed by atoms with Crippen molar-refractivity contribution in [3.63, 3.8) is 0 Å². The van der Waals surface area contributed by atoms with E-state index in [-0.39, 0.29) is 18.8 Å². The minimum atomic E-state index is -4.30. The van der Waals surface area contributed by atoms with Crippen LogP contribution in [0.5, 0.6) is 5.75 Å². The molecule has 5 rings (SSSR count). The van der Waals surface area contributed by atoms with Gasteiger partial charge in [-0.1, -0.05) is 66.7 Å². The molecule has 43 heavy (non-hydrogen) atoms. The molecule has 13 heteroatoms. The van der Waals surface area contributed by atoms with Gasteiger partial charge in [-0.2, -0.15) is 5.09 Å². The first-order valence-electron chi connectivity index (χ1n) is 13.7. The smallest absolute Gasteiger partial charge is 0.459 e. The molecule has 0 saturated carbocycles. The fourth-order valence-electron chi connectivity index (χ4n) is 4.65. The number of carbonyl (C=O) groups excluding carboxylic acids is 1. The van der Waals surface area contributed by atoms with E-state index < -0.39 is 56.0 Å². The van der Waals surface area contributed by atoms with Crippen LogP contribution in [0.1, 0.15) is 30.7 Å². The fourth-order valence-corrected chi connectivity index (χ4v) is 6.17. The number of hydrogen-bond acceptors (Lipinski definition) is 9. The number of nitrogens with one attached hydrogen (secondary N) is 2. The summed E-state index contributed by atoms with van der Waals surface area (Å²) in [6.07, 6.45) is -1.63. The molecule has 0 spiro atoms. The van der Waals surface area contributed by atoms with Crippen LogP contribution in [0.2, 0.25) is 0 Å². The fraction of sp³-hybridized carbons (Fsp3) is 0.300. The molecule has 4 aromatic rings. The number of aromatic nitrogens is 2. The lowest BCUT2D eigenvalue weighted by molar-refractivity contribution is -0.146. The molecule has 0 bridgehead atoms. The lowest BCUT2D eigenvalue weighted by Crippen LogP contribution is -2.36. The standard InChI is InChI=1S/C30H32N3O9P/c1-19-16-33(30(37)31-28(19)35)27-15-24(34)26(41-27)18-40-43(38,42-25-14-8-12-22-11-6-7-13-23(22)25)32-20(2)29(36)39-17-21-9-4-3-5-10-21/h3-14,16,20,24,26-27,34H,15,17-18H2,1-2H3,(H,32,38)(H,31,35,37)/t20-,24+,26?,27+,43?/m0/s1. The zero-order valence-corrected chi connectivity index (χ0v) is 24.4. The number of aliphatic hydroxyl groups excluding tert-OH is 1. The summed E-state index contributed by atoms with van der Waals surface area (Å²) >= 11 is 0. The van der Waals surface area contributed by atoms with E-state index in [0.717, 1.165) is 10.9 Å². The van der Waals surface area contributed by atoms with Gasteiger partial charge in [0.1, 0.15) is 30.7 Å². The number of fused-ring (bicyclic) bond motifs is 1. The van der Waals surface area contributed by atoms with E-state index in [4.69, 9.17) is 18.5 Å². The van der Waals surface area contributed by atoms with E-state index in [0.29, 0.717) is 10.9 Å². The number of H-pyrrole nitrogens is 1. The van der Waals surface area contributed by atoms with Crippen molar-refractivity contribution in [2.24, 2.45) is 0 Å². The Morgan fingerprint density at radius 1 is 1.12 bits per heavy atom. The Kier molecular flexibility index (Phi) is 9.24. The summed E-state index contributed by atoms with van der Waals surface area (Å²) in [4.78, 5) is 39.1. The predicted octanol–water partition coefficient (Wildman–Crippen LogP) is 3.57. The van der Waals surface area contributed by atoms with Gasteiger partial charge in [0.25, 0.3) is 5.56 Å². The number of benzene rings is 3. The molecule has 0 radical (unpaired) electrons. The van der Waals surface area contributed by atoms with Crippen molar-refractivity contribution in [1.29, 1.82) is 0 Å². The second-order valence-corrected chi connectivity index (χ2v) is 11.9. The summed E-state index contributed by atoms with van der Waals surface area (Å²) in [6, 6.07) is 20.6. The quantitative estimate of drug-likeness (QED) is 0.170. The molecule has 12 nitrogen and oxygen atoms in total. The molecule has 3 N–H and O–H groups in total. The minimum Gasteiger partial charge on any atom is -0.460 e. The third-order valence-corrected chi connectivity index (χ3v) is 8.60. The van der Waals surface area contributed by atoms with Crippen LogP contribution >= 0.6 is 7.75 Å². The van der Waals surface area contributed by atoms with Gasteiger partial charge in [-0.15, -0.1) is 0 Å². The van der Waals surface area contributed by atoms with Gasteiger partial charge in [0.05, 0.1) is 12.7 Å². The second-order valence-electron chi connectivity index (χ2n) is 10.2. The number of aryl methyl sites for hydroxylation is 1. The van der Waals surface area contributed by atoms with E-state index in [2.05, 4.69) is 10.1 Å². The van der Waals surface area contributed by atoms with Crippen LogP contribution in [-0.4, -0.2) is 45.5 Å². The molecular weight excluding hydrogens is 577 g/mol. The Bertz CT molecular complexity index is 1750. The molecule has 5 atom stereocenters. The van der Waals surface area contributed by atoms with E-state index in [1.165, 1.54) is 17.7 Å². The van der Waals surface area contributed by atoms with Gasteiger partial charge in [-0.3, -0.25) is 23.7 Å². The Morgan fingerprint density at radius 3 is 2.63 bits per heavy atom. The highest BCUT2D eigenvalue weighted by Crippen LogP contribution is 2.47. The number of hydrogen-bond donors (Lipinski definition) is 3. The molecule has 0 aliphatic carbocycles. The first kappa shape index (κ1) is 30.4. The third kappa shape index (κ3) is 7.30. The molecular formula is C30H32N3O9P. The first-order chi connectivity index (χ1) is 20.6. The van der Waals surface area contributed by atoms with Crippen LogP contribution in [0.4, 0.5) is 0 Å². The number of esters is 1.